The van der Waals surface area contributed by atoms with Crippen molar-refractivity contribution in [2.24, 2.45) is 0 Å². The molecule has 0 radical (unpaired) electrons. The van der Waals surface area contributed by atoms with Gasteiger partial charge in [0.25, 0.3) is 0 Å². The van der Waals surface area contributed by atoms with Crippen molar-refractivity contribution in [2.45, 2.75) is 13.0 Å². The van der Waals surface area contributed by atoms with Crippen LogP contribution in [0.25, 0.3) is 0 Å². The average Bonchev–Trinajstić information content (AvgIpc) is 2.43. The van der Waals surface area contributed by atoms with Gasteiger partial charge in [-0.25, -0.2) is 13.6 Å². The molecule has 2 aromatic rings. The Bertz CT molecular complexity index is 644. The lowest BCUT2D eigenvalue weighted by Crippen LogP contribution is -2.32. The zero-order chi connectivity index (χ0) is 15.4. The minimum absolute atomic E-state index is 0.324. The summed E-state index contributed by atoms with van der Waals surface area (Å²) in [6.07, 6.45) is 0. The number of anilines is 1. The van der Waals surface area contributed by atoms with Crippen LogP contribution < -0.4 is 10.6 Å². The number of amides is 2. The van der Waals surface area contributed by atoms with Crippen molar-refractivity contribution in [3.05, 3.63) is 64.1 Å². The van der Waals surface area contributed by atoms with Crippen molar-refractivity contribution in [3.8, 4) is 0 Å². The number of carbonyl (C=O) groups excluding carboxylic acids is 1. The lowest BCUT2D eigenvalue weighted by molar-refractivity contribution is 0.249. The van der Waals surface area contributed by atoms with E-state index in [1.54, 1.807) is 6.92 Å². The Morgan fingerprint density at radius 3 is 2.33 bits per heavy atom. The van der Waals surface area contributed by atoms with E-state index < -0.39 is 23.4 Å². The van der Waals surface area contributed by atoms with E-state index in [1.807, 2.05) is 24.3 Å². The van der Waals surface area contributed by atoms with E-state index in [0.29, 0.717) is 0 Å². The normalized spacial score (nSPS) is 11.8. The van der Waals surface area contributed by atoms with Gasteiger partial charge in [-0.05, 0) is 30.7 Å². The van der Waals surface area contributed by atoms with Crippen LogP contribution in [0.15, 0.2) is 46.9 Å². The second-order valence-electron chi connectivity index (χ2n) is 4.44. The number of carbonyl (C=O) groups is 1. The predicted molar refractivity (Wildman–Crippen MR) is 81.1 cm³/mol. The molecule has 0 saturated carbocycles. The van der Waals surface area contributed by atoms with Gasteiger partial charge in [0, 0.05) is 4.47 Å². The number of urea groups is 1. The molecule has 0 spiro atoms. The predicted octanol–water partition coefficient (Wildman–Crippen LogP) is 4.61. The van der Waals surface area contributed by atoms with Gasteiger partial charge in [0.05, 0.1) is 6.04 Å². The van der Waals surface area contributed by atoms with Gasteiger partial charge in [-0.2, -0.15) is 0 Å². The molecule has 0 aliphatic rings. The number of hydrogen-bond acceptors (Lipinski definition) is 1. The van der Waals surface area contributed by atoms with Crippen molar-refractivity contribution in [3.63, 3.8) is 0 Å². The van der Waals surface area contributed by atoms with Gasteiger partial charge in [-0.1, -0.05) is 40.2 Å². The van der Waals surface area contributed by atoms with Crippen molar-refractivity contribution in [1.82, 2.24) is 5.32 Å². The SMILES string of the molecule is CC(NC(=O)Nc1c(F)cccc1F)c1ccccc1Br. The van der Waals surface area contributed by atoms with Crippen LogP contribution in [0.1, 0.15) is 18.5 Å². The lowest BCUT2D eigenvalue weighted by Gasteiger charge is -2.16. The Morgan fingerprint density at radius 2 is 1.71 bits per heavy atom. The van der Waals surface area contributed by atoms with Gasteiger partial charge in [0.15, 0.2) is 0 Å². The standard InChI is InChI=1S/C15H13BrF2N2O/c1-9(10-5-2-3-6-11(10)16)19-15(21)20-14-12(17)7-4-8-13(14)18/h2-9H,1H3,(H2,19,20,21). The van der Waals surface area contributed by atoms with E-state index in [-0.39, 0.29) is 6.04 Å². The summed E-state index contributed by atoms with van der Waals surface area (Å²) >= 11 is 3.39. The van der Waals surface area contributed by atoms with Crippen LogP contribution in [0.3, 0.4) is 0 Å². The summed E-state index contributed by atoms with van der Waals surface area (Å²) < 4.78 is 27.7. The van der Waals surface area contributed by atoms with Gasteiger partial charge in [-0.15, -0.1) is 0 Å². The van der Waals surface area contributed by atoms with E-state index in [1.165, 1.54) is 6.07 Å². The van der Waals surface area contributed by atoms with Gasteiger partial charge in [0.2, 0.25) is 0 Å². The van der Waals surface area contributed by atoms with Crippen LogP contribution in [0.2, 0.25) is 0 Å². The lowest BCUT2D eigenvalue weighted by atomic mass is 10.1. The Balaban J connectivity index is 2.07. The minimum atomic E-state index is -0.821. The smallest absolute Gasteiger partial charge is 0.319 e. The van der Waals surface area contributed by atoms with Crippen molar-refractivity contribution in [1.29, 1.82) is 0 Å². The Morgan fingerprint density at radius 1 is 1.10 bits per heavy atom. The zero-order valence-corrected chi connectivity index (χ0v) is 12.7. The van der Waals surface area contributed by atoms with Crippen LogP contribution in [-0.4, -0.2) is 6.03 Å². The molecule has 0 fully saturated rings. The summed E-state index contributed by atoms with van der Waals surface area (Å²) in [6.45, 7) is 1.78. The summed E-state index contributed by atoms with van der Waals surface area (Å²) in [5.41, 5.74) is 0.399. The van der Waals surface area contributed by atoms with Gasteiger partial charge >= 0.3 is 6.03 Å². The molecule has 110 valence electrons. The molecule has 0 bridgehead atoms. The molecule has 2 rings (SSSR count). The molecule has 0 aromatic heterocycles. The average molecular weight is 355 g/mol. The van der Waals surface area contributed by atoms with E-state index in [2.05, 4.69) is 26.6 Å². The quantitative estimate of drug-likeness (QED) is 0.830. The van der Waals surface area contributed by atoms with Crippen molar-refractivity contribution < 1.29 is 13.6 Å². The maximum Gasteiger partial charge on any atom is 0.319 e. The fourth-order valence-electron chi connectivity index (χ4n) is 1.87. The number of nitrogens with one attached hydrogen (secondary N) is 2. The van der Waals surface area contributed by atoms with Crippen LogP contribution in [0, 0.1) is 11.6 Å². The third kappa shape index (κ3) is 3.78. The molecular weight excluding hydrogens is 342 g/mol. The molecule has 21 heavy (non-hydrogen) atoms. The van der Waals surface area contributed by atoms with E-state index >= 15 is 0 Å². The summed E-state index contributed by atoms with van der Waals surface area (Å²) in [5, 5.41) is 4.81. The monoisotopic (exact) mass is 354 g/mol. The van der Waals surface area contributed by atoms with E-state index in [4.69, 9.17) is 0 Å². The maximum absolute atomic E-state index is 13.4. The summed E-state index contributed by atoms with van der Waals surface area (Å²) in [6, 6.07) is 9.78. The van der Waals surface area contributed by atoms with Crippen molar-refractivity contribution >= 4 is 27.6 Å². The first-order valence-electron chi connectivity index (χ1n) is 6.25. The summed E-state index contributed by atoms with van der Waals surface area (Å²) in [5.74, 6) is -1.64. The van der Waals surface area contributed by atoms with Crippen LogP contribution in [-0.2, 0) is 0 Å². The summed E-state index contributed by atoms with van der Waals surface area (Å²) in [4.78, 5) is 11.8. The highest BCUT2D eigenvalue weighted by molar-refractivity contribution is 9.10. The number of benzene rings is 2. The Labute approximate surface area is 129 Å². The highest BCUT2D eigenvalue weighted by atomic mass is 79.9. The first-order valence-corrected chi connectivity index (χ1v) is 7.04. The molecule has 3 nitrogen and oxygen atoms in total. The molecule has 6 heteroatoms. The number of hydrogen-bond donors (Lipinski definition) is 2. The molecule has 2 N–H and O–H groups in total. The largest absolute Gasteiger partial charge is 0.331 e. The Kier molecular flexibility index (Phi) is 4.90. The third-order valence-corrected chi connectivity index (χ3v) is 3.64. The molecule has 2 amide bonds. The number of para-hydroxylation sites is 1. The first-order chi connectivity index (χ1) is 9.99. The fraction of sp³-hybridized carbons (Fsp3) is 0.133. The fourth-order valence-corrected chi connectivity index (χ4v) is 2.50. The molecule has 0 aliphatic heterocycles. The maximum atomic E-state index is 13.4. The highest BCUT2D eigenvalue weighted by Crippen LogP contribution is 2.23. The minimum Gasteiger partial charge on any atom is -0.331 e. The zero-order valence-electron chi connectivity index (χ0n) is 11.2. The molecule has 0 aliphatic carbocycles. The molecule has 0 heterocycles. The highest BCUT2D eigenvalue weighted by Gasteiger charge is 2.15. The van der Waals surface area contributed by atoms with Gasteiger partial charge < -0.3 is 10.6 Å². The van der Waals surface area contributed by atoms with Crippen LogP contribution in [0.4, 0.5) is 19.3 Å². The van der Waals surface area contributed by atoms with Crippen molar-refractivity contribution in [2.75, 3.05) is 5.32 Å². The number of halogens is 3. The van der Waals surface area contributed by atoms with Gasteiger partial charge in [-0.3, -0.25) is 0 Å². The molecule has 2 aromatic carbocycles. The third-order valence-electron chi connectivity index (χ3n) is 2.92. The molecular formula is C15H13BrF2N2O. The van der Waals surface area contributed by atoms with Crippen LogP contribution in [0.5, 0.6) is 0 Å². The molecule has 1 atom stereocenters. The second kappa shape index (κ2) is 6.67. The topological polar surface area (TPSA) is 41.1 Å². The van der Waals surface area contributed by atoms with Crippen LogP contribution >= 0.6 is 15.9 Å². The first kappa shape index (κ1) is 15.4. The Hall–Kier alpha value is -1.95. The summed E-state index contributed by atoms with van der Waals surface area (Å²) in [7, 11) is 0. The van der Waals surface area contributed by atoms with Gasteiger partial charge in [0.1, 0.15) is 17.3 Å². The van der Waals surface area contributed by atoms with E-state index in [0.717, 1.165) is 22.2 Å². The van der Waals surface area contributed by atoms with E-state index in [9.17, 15) is 13.6 Å². The molecule has 0 saturated heterocycles. The number of rotatable bonds is 3. The molecule has 1 unspecified atom stereocenters. The second-order valence-corrected chi connectivity index (χ2v) is 5.29.